The number of rotatable bonds is 8. The highest BCUT2D eigenvalue weighted by molar-refractivity contribution is 5.79. The van der Waals surface area contributed by atoms with E-state index in [4.69, 9.17) is 0 Å². The minimum atomic E-state index is 0.855. The summed E-state index contributed by atoms with van der Waals surface area (Å²) in [6.07, 6.45) is 3.97. The van der Waals surface area contributed by atoms with Crippen LogP contribution in [0.1, 0.15) is 24.0 Å². The molecule has 25 heavy (non-hydrogen) atoms. The van der Waals surface area contributed by atoms with E-state index in [2.05, 4.69) is 63.7 Å². The summed E-state index contributed by atoms with van der Waals surface area (Å²) in [5.41, 5.74) is 2.64. The quantitative estimate of drug-likeness (QED) is 0.440. The monoisotopic (exact) mass is 339 g/mol. The van der Waals surface area contributed by atoms with Gasteiger partial charge in [0.1, 0.15) is 5.82 Å². The molecule has 1 aromatic heterocycles. The maximum absolute atomic E-state index is 4.39. The van der Waals surface area contributed by atoms with E-state index in [0.29, 0.717) is 0 Å². The van der Waals surface area contributed by atoms with Gasteiger partial charge < -0.3 is 15.5 Å². The molecule has 5 heteroatoms. The smallest absolute Gasteiger partial charge is 0.193 e. The molecule has 0 aliphatic heterocycles. The van der Waals surface area contributed by atoms with Crippen molar-refractivity contribution in [3.63, 3.8) is 0 Å². The Bertz CT molecular complexity index is 654. The Hall–Kier alpha value is -2.56. The molecule has 0 saturated heterocycles. The minimum absolute atomic E-state index is 0.855. The van der Waals surface area contributed by atoms with Crippen LogP contribution in [0.25, 0.3) is 0 Å². The van der Waals surface area contributed by atoms with Gasteiger partial charge in [0.05, 0.1) is 0 Å². The van der Waals surface area contributed by atoms with Gasteiger partial charge in [-0.2, -0.15) is 0 Å². The summed E-state index contributed by atoms with van der Waals surface area (Å²) in [6, 6.07) is 14.4. The zero-order chi connectivity index (χ0) is 17.9. The van der Waals surface area contributed by atoms with Gasteiger partial charge in [0, 0.05) is 39.9 Å². The van der Waals surface area contributed by atoms with Gasteiger partial charge >= 0.3 is 0 Å². The van der Waals surface area contributed by atoms with Crippen molar-refractivity contribution in [1.82, 2.24) is 15.2 Å². The Morgan fingerprint density at radius 3 is 2.56 bits per heavy atom. The van der Waals surface area contributed by atoms with Crippen molar-refractivity contribution in [2.45, 2.75) is 26.3 Å². The molecule has 0 spiro atoms. The molecular weight excluding hydrogens is 310 g/mol. The second kappa shape index (κ2) is 10.3. The zero-order valence-corrected chi connectivity index (χ0v) is 15.5. The lowest BCUT2D eigenvalue weighted by atomic mass is 10.1. The number of aromatic nitrogens is 1. The summed E-state index contributed by atoms with van der Waals surface area (Å²) in [5.74, 6) is 1.87. The van der Waals surface area contributed by atoms with Gasteiger partial charge in [-0.15, -0.1) is 0 Å². The van der Waals surface area contributed by atoms with Crippen LogP contribution in [0, 0.1) is 6.92 Å². The standard InChI is InChI=1S/C20H29N5/c1-17-10-4-5-11-18(17)16-25(3)20(21-2)24-15-9-8-14-23-19-12-6-7-13-22-19/h4-7,10-13H,8-9,14-16H2,1-3H3,(H,21,24)(H,22,23). The number of benzene rings is 1. The number of hydrogen-bond donors (Lipinski definition) is 2. The first-order valence-electron chi connectivity index (χ1n) is 8.82. The second-order valence-electron chi connectivity index (χ2n) is 6.11. The molecule has 0 amide bonds. The van der Waals surface area contributed by atoms with Crippen LogP contribution in [0.5, 0.6) is 0 Å². The Morgan fingerprint density at radius 1 is 1.08 bits per heavy atom. The van der Waals surface area contributed by atoms with Crippen LogP contribution in [-0.4, -0.2) is 43.0 Å². The van der Waals surface area contributed by atoms with Gasteiger partial charge in [-0.05, 0) is 43.0 Å². The van der Waals surface area contributed by atoms with Gasteiger partial charge in [0.25, 0.3) is 0 Å². The first-order chi connectivity index (χ1) is 12.2. The van der Waals surface area contributed by atoms with Gasteiger partial charge in [-0.3, -0.25) is 4.99 Å². The molecule has 0 radical (unpaired) electrons. The minimum Gasteiger partial charge on any atom is -0.370 e. The number of aryl methyl sites for hydroxylation is 1. The highest BCUT2D eigenvalue weighted by Gasteiger charge is 2.07. The average Bonchev–Trinajstić information content (AvgIpc) is 2.64. The van der Waals surface area contributed by atoms with Crippen LogP contribution in [-0.2, 0) is 6.54 Å². The molecule has 0 aliphatic rings. The lowest BCUT2D eigenvalue weighted by Gasteiger charge is -2.23. The highest BCUT2D eigenvalue weighted by Crippen LogP contribution is 2.09. The van der Waals surface area contributed by atoms with E-state index >= 15 is 0 Å². The fourth-order valence-electron chi connectivity index (χ4n) is 2.64. The summed E-state index contributed by atoms with van der Waals surface area (Å²) >= 11 is 0. The zero-order valence-electron chi connectivity index (χ0n) is 15.5. The summed E-state index contributed by atoms with van der Waals surface area (Å²) < 4.78 is 0. The predicted molar refractivity (Wildman–Crippen MR) is 106 cm³/mol. The maximum Gasteiger partial charge on any atom is 0.193 e. The first kappa shape index (κ1) is 18.8. The van der Waals surface area contributed by atoms with E-state index in [1.807, 2.05) is 25.2 Å². The molecule has 2 aromatic rings. The summed E-state index contributed by atoms with van der Waals surface area (Å²) in [7, 11) is 3.91. The van der Waals surface area contributed by atoms with Gasteiger partial charge in [-0.25, -0.2) is 4.98 Å². The number of nitrogens with zero attached hydrogens (tertiary/aromatic N) is 3. The predicted octanol–water partition coefficient (Wildman–Crippen LogP) is 3.29. The first-order valence-corrected chi connectivity index (χ1v) is 8.82. The van der Waals surface area contributed by atoms with Crippen LogP contribution >= 0.6 is 0 Å². The Balaban J connectivity index is 1.67. The molecule has 0 saturated carbocycles. The fraction of sp³-hybridized carbons (Fsp3) is 0.400. The largest absolute Gasteiger partial charge is 0.370 e. The van der Waals surface area contributed by atoms with Crippen molar-refractivity contribution >= 4 is 11.8 Å². The number of aliphatic imine (C=N–C) groups is 1. The second-order valence-corrected chi connectivity index (χ2v) is 6.11. The molecule has 5 nitrogen and oxygen atoms in total. The lowest BCUT2D eigenvalue weighted by molar-refractivity contribution is 0.474. The van der Waals surface area contributed by atoms with Gasteiger partial charge in [0.15, 0.2) is 5.96 Å². The number of anilines is 1. The summed E-state index contributed by atoms with van der Waals surface area (Å²) in [6.45, 7) is 4.84. The van der Waals surface area contributed by atoms with Crippen LogP contribution in [0.15, 0.2) is 53.7 Å². The lowest BCUT2D eigenvalue weighted by Crippen LogP contribution is -2.39. The van der Waals surface area contributed by atoms with Gasteiger partial charge in [-0.1, -0.05) is 30.3 Å². The molecule has 0 bridgehead atoms. The third-order valence-electron chi connectivity index (χ3n) is 4.10. The van der Waals surface area contributed by atoms with Crippen molar-refractivity contribution < 1.29 is 0 Å². The number of unbranched alkanes of at least 4 members (excludes halogenated alkanes) is 1. The van der Waals surface area contributed by atoms with Crippen molar-refractivity contribution in [3.05, 3.63) is 59.8 Å². The third kappa shape index (κ3) is 6.45. The molecule has 2 rings (SSSR count). The number of pyridine rings is 1. The number of guanidine groups is 1. The molecule has 0 fully saturated rings. The van der Waals surface area contributed by atoms with Gasteiger partial charge in [0.2, 0.25) is 0 Å². The SMILES string of the molecule is CN=C(NCCCCNc1ccccn1)N(C)Cc1ccccc1C. The summed E-state index contributed by atoms with van der Waals surface area (Å²) in [5, 5.41) is 6.77. The molecule has 0 aliphatic carbocycles. The normalized spacial score (nSPS) is 11.2. The molecule has 1 aromatic carbocycles. The Labute approximate surface area is 151 Å². The van der Waals surface area contributed by atoms with Crippen LogP contribution < -0.4 is 10.6 Å². The van der Waals surface area contributed by atoms with Crippen molar-refractivity contribution in [2.24, 2.45) is 4.99 Å². The van der Waals surface area contributed by atoms with E-state index < -0.39 is 0 Å². The molecule has 1 heterocycles. The number of hydrogen-bond acceptors (Lipinski definition) is 3. The van der Waals surface area contributed by atoms with Crippen LogP contribution in [0.3, 0.4) is 0 Å². The Kier molecular flexibility index (Phi) is 7.76. The fourth-order valence-corrected chi connectivity index (χ4v) is 2.64. The van der Waals surface area contributed by atoms with E-state index in [1.54, 1.807) is 6.20 Å². The molecule has 0 unspecified atom stereocenters. The molecule has 2 N–H and O–H groups in total. The molecule has 134 valence electrons. The van der Waals surface area contributed by atoms with E-state index in [9.17, 15) is 0 Å². The van der Waals surface area contributed by atoms with E-state index in [1.165, 1.54) is 11.1 Å². The van der Waals surface area contributed by atoms with Crippen LogP contribution in [0.4, 0.5) is 5.82 Å². The van der Waals surface area contributed by atoms with Crippen molar-refractivity contribution in [3.8, 4) is 0 Å². The molecular formula is C20H29N5. The number of nitrogens with one attached hydrogen (secondary N) is 2. The van der Waals surface area contributed by atoms with Crippen molar-refractivity contribution in [2.75, 3.05) is 32.5 Å². The topological polar surface area (TPSA) is 52.6 Å². The van der Waals surface area contributed by atoms with Crippen LogP contribution in [0.2, 0.25) is 0 Å². The summed E-state index contributed by atoms with van der Waals surface area (Å²) in [4.78, 5) is 10.8. The Morgan fingerprint density at radius 2 is 1.84 bits per heavy atom. The van der Waals surface area contributed by atoms with Crippen molar-refractivity contribution in [1.29, 1.82) is 0 Å². The average molecular weight is 339 g/mol. The maximum atomic E-state index is 4.39. The highest BCUT2D eigenvalue weighted by atomic mass is 15.3. The van der Waals surface area contributed by atoms with E-state index in [-0.39, 0.29) is 0 Å². The molecule has 0 atom stereocenters. The third-order valence-corrected chi connectivity index (χ3v) is 4.10. The van der Waals surface area contributed by atoms with E-state index in [0.717, 1.165) is 44.3 Å².